The van der Waals surface area contributed by atoms with Crippen LogP contribution in [0.25, 0.3) is 0 Å². The van der Waals surface area contributed by atoms with Crippen molar-refractivity contribution >= 4 is 5.69 Å². The topological polar surface area (TPSA) is 49.5 Å². The van der Waals surface area contributed by atoms with E-state index in [1.54, 1.807) is 0 Å². The quantitative estimate of drug-likeness (QED) is 0.836. The van der Waals surface area contributed by atoms with Gasteiger partial charge in [-0.25, -0.2) is 0 Å². The van der Waals surface area contributed by atoms with Crippen molar-refractivity contribution in [2.24, 2.45) is 11.7 Å². The first-order valence-corrected chi connectivity index (χ1v) is 6.46. The Morgan fingerprint density at radius 3 is 2.65 bits per heavy atom. The Balaban J connectivity index is 2.03. The standard InChI is InChI=1S/C14H22N2O/c1-2-14(15)12-3-5-13(6-4-12)16-8-7-11(9-16)10-17/h3-6,11,14,17H,2,7-10,15H2,1H3/t11?,14-/m1/s1. The number of nitrogens with zero attached hydrogens (tertiary/aromatic N) is 1. The number of rotatable bonds is 4. The molecule has 0 radical (unpaired) electrons. The van der Waals surface area contributed by atoms with Crippen molar-refractivity contribution in [2.45, 2.75) is 25.8 Å². The van der Waals surface area contributed by atoms with Gasteiger partial charge in [-0.3, -0.25) is 0 Å². The molecule has 1 aromatic carbocycles. The number of hydrogen-bond donors (Lipinski definition) is 2. The van der Waals surface area contributed by atoms with E-state index >= 15 is 0 Å². The highest BCUT2D eigenvalue weighted by Gasteiger charge is 2.21. The number of nitrogens with two attached hydrogens (primary N) is 1. The van der Waals surface area contributed by atoms with Crippen LogP contribution in [0.2, 0.25) is 0 Å². The number of aliphatic hydroxyl groups excluding tert-OH is 1. The highest BCUT2D eigenvalue weighted by Crippen LogP contribution is 2.25. The lowest BCUT2D eigenvalue weighted by atomic mass is 10.1. The Hall–Kier alpha value is -1.06. The number of aliphatic hydroxyl groups is 1. The molecule has 1 fully saturated rings. The summed E-state index contributed by atoms with van der Waals surface area (Å²) in [5, 5.41) is 9.14. The molecule has 2 atom stereocenters. The van der Waals surface area contributed by atoms with Gasteiger partial charge in [-0.05, 0) is 30.5 Å². The Morgan fingerprint density at radius 2 is 2.12 bits per heavy atom. The average molecular weight is 234 g/mol. The second kappa shape index (κ2) is 5.52. The van der Waals surface area contributed by atoms with Gasteiger partial charge in [0.2, 0.25) is 0 Å². The summed E-state index contributed by atoms with van der Waals surface area (Å²) < 4.78 is 0. The fourth-order valence-corrected chi connectivity index (χ4v) is 2.38. The zero-order valence-corrected chi connectivity index (χ0v) is 10.5. The largest absolute Gasteiger partial charge is 0.396 e. The van der Waals surface area contributed by atoms with Crippen molar-refractivity contribution in [3.8, 4) is 0 Å². The van der Waals surface area contributed by atoms with Crippen molar-refractivity contribution in [1.29, 1.82) is 0 Å². The molecule has 3 nitrogen and oxygen atoms in total. The smallest absolute Gasteiger partial charge is 0.0476 e. The van der Waals surface area contributed by atoms with Crippen LogP contribution in [-0.4, -0.2) is 24.8 Å². The van der Waals surface area contributed by atoms with Crippen molar-refractivity contribution in [3.63, 3.8) is 0 Å². The predicted molar refractivity (Wildman–Crippen MR) is 71.1 cm³/mol. The third-order valence-electron chi connectivity index (χ3n) is 3.67. The van der Waals surface area contributed by atoms with Crippen LogP contribution in [0, 0.1) is 5.92 Å². The van der Waals surface area contributed by atoms with E-state index in [-0.39, 0.29) is 6.04 Å². The van der Waals surface area contributed by atoms with Gasteiger partial charge in [0.25, 0.3) is 0 Å². The molecule has 0 bridgehead atoms. The second-order valence-electron chi connectivity index (χ2n) is 4.89. The molecule has 1 unspecified atom stereocenters. The molecular weight excluding hydrogens is 212 g/mol. The van der Waals surface area contributed by atoms with Gasteiger partial charge >= 0.3 is 0 Å². The Labute approximate surface area is 103 Å². The fourth-order valence-electron chi connectivity index (χ4n) is 2.38. The van der Waals surface area contributed by atoms with E-state index in [1.165, 1.54) is 11.3 Å². The van der Waals surface area contributed by atoms with Crippen LogP contribution < -0.4 is 10.6 Å². The average Bonchev–Trinajstić information content (AvgIpc) is 2.87. The van der Waals surface area contributed by atoms with Crippen LogP contribution >= 0.6 is 0 Å². The lowest BCUT2D eigenvalue weighted by Gasteiger charge is -2.19. The summed E-state index contributed by atoms with van der Waals surface area (Å²) in [6, 6.07) is 8.67. The van der Waals surface area contributed by atoms with E-state index in [2.05, 4.69) is 36.1 Å². The highest BCUT2D eigenvalue weighted by molar-refractivity contribution is 5.48. The molecule has 1 heterocycles. The summed E-state index contributed by atoms with van der Waals surface area (Å²) in [4.78, 5) is 2.34. The lowest BCUT2D eigenvalue weighted by molar-refractivity contribution is 0.238. The SMILES string of the molecule is CC[C@@H](N)c1ccc(N2CCC(CO)C2)cc1. The van der Waals surface area contributed by atoms with Crippen LogP contribution in [0.4, 0.5) is 5.69 Å². The van der Waals surface area contributed by atoms with Crippen LogP contribution in [-0.2, 0) is 0 Å². The van der Waals surface area contributed by atoms with Crippen molar-refractivity contribution in [1.82, 2.24) is 0 Å². The summed E-state index contributed by atoms with van der Waals surface area (Å²) in [6.07, 6.45) is 2.06. The molecule has 2 rings (SSSR count). The predicted octanol–water partition coefficient (Wildman–Crippen LogP) is 1.92. The molecule has 1 aromatic rings. The molecule has 0 aromatic heterocycles. The summed E-state index contributed by atoms with van der Waals surface area (Å²) in [6.45, 7) is 4.42. The Morgan fingerprint density at radius 1 is 1.41 bits per heavy atom. The first kappa shape index (κ1) is 12.4. The van der Waals surface area contributed by atoms with E-state index in [9.17, 15) is 0 Å². The molecular formula is C14H22N2O. The normalized spacial score (nSPS) is 21.8. The molecule has 3 heteroatoms. The van der Waals surface area contributed by atoms with Gasteiger partial charge in [0, 0.05) is 37.3 Å². The highest BCUT2D eigenvalue weighted by atomic mass is 16.3. The zero-order valence-electron chi connectivity index (χ0n) is 10.5. The summed E-state index contributed by atoms with van der Waals surface area (Å²) >= 11 is 0. The van der Waals surface area contributed by atoms with Crippen LogP contribution in [0.15, 0.2) is 24.3 Å². The molecule has 17 heavy (non-hydrogen) atoms. The van der Waals surface area contributed by atoms with Crippen LogP contribution in [0.5, 0.6) is 0 Å². The minimum atomic E-state index is 0.146. The number of benzene rings is 1. The summed E-state index contributed by atoms with van der Waals surface area (Å²) in [5.41, 5.74) is 8.44. The zero-order chi connectivity index (χ0) is 12.3. The number of hydrogen-bond acceptors (Lipinski definition) is 3. The second-order valence-corrected chi connectivity index (χ2v) is 4.89. The molecule has 3 N–H and O–H groups in total. The maximum atomic E-state index is 9.14. The maximum Gasteiger partial charge on any atom is 0.0476 e. The first-order valence-electron chi connectivity index (χ1n) is 6.46. The number of anilines is 1. The van der Waals surface area contributed by atoms with Gasteiger partial charge in [-0.2, -0.15) is 0 Å². The van der Waals surface area contributed by atoms with Crippen molar-refractivity contribution in [3.05, 3.63) is 29.8 Å². The first-order chi connectivity index (χ1) is 8.24. The van der Waals surface area contributed by atoms with E-state index in [4.69, 9.17) is 10.8 Å². The van der Waals surface area contributed by atoms with Crippen LogP contribution in [0.3, 0.4) is 0 Å². The van der Waals surface area contributed by atoms with Gasteiger partial charge in [-0.1, -0.05) is 19.1 Å². The maximum absolute atomic E-state index is 9.14. The van der Waals surface area contributed by atoms with Gasteiger partial charge < -0.3 is 15.7 Å². The Kier molecular flexibility index (Phi) is 4.02. The van der Waals surface area contributed by atoms with Gasteiger partial charge in [0.05, 0.1) is 0 Å². The molecule has 0 aliphatic carbocycles. The Bertz CT molecular complexity index is 350. The summed E-state index contributed by atoms with van der Waals surface area (Å²) in [5.74, 6) is 0.438. The van der Waals surface area contributed by atoms with Crippen molar-refractivity contribution in [2.75, 3.05) is 24.6 Å². The molecule has 0 saturated carbocycles. The van der Waals surface area contributed by atoms with Crippen molar-refractivity contribution < 1.29 is 5.11 Å². The third-order valence-corrected chi connectivity index (χ3v) is 3.67. The van der Waals surface area contributed by atoms with Gasteiger partial charge in [-0.15, -0.1) is 0 Å². The molecule has 94 valence electrons. The van der Waals surface area contributed by atoms with Crippen LogP contribution in [0.1, 0.15) is 31.4 Å². The summed E-state index contributed by atoms with van der Waals surface area (Å²) in [7, 11) is 0. The third kappa shape index (κ3) is 2.79. The van der Waals surface area contributed by atoms with E-state index in [0.29, 0.717) is 12.5 Å². The van der Waals surface area contributed by atoms with E-state index < -0.39 is 0 Å². The molecule has 0 spiro atoms. The fraction of sp³-hybridized carbons (Fsp3) is 0.571. The molecule has 0 amide bonds. The van der Waals surface area contributed by atoms with E-state index in [0.717, 1.165) is 25.9 Å². The molecule has 1 saturated heterocycles. The monoisotopic (exact) mass is 234 g/mol. The van der Waals surface area contributed by atoms with E-state index in [1.807, 2.05) is 0 Å². The van der Waals surface area contributed by atoms with Gasteiger partial charge in [0.1, 0.15) is 0 Å². The molecule has 1 aliphatic rings. The molecule has 1 aliphatic heterocycles. The minimum absolute atomic E-state index is 0.146. The van der Waals surface area contributed by atoms with Gasteiger partial charge in [0.15, 0.2) is 0 Å². The minimum Gasteiger partial charge on any atom is -0.396 e. The lowest BCUT2D eigenvalue weighted by Crippen LogP contribution is -2.20.